The van der Waals surface area contributed by atoms with Gasteiger partial charge in [0, 0.05) is 12.7 Å². The van der Waals surface area contributed by atoms with Gasteiger partial charge in [0.05, 0.1) is 0 Å². The van der Waals surface area contributed by atoms with Gasteiger partial charge in [-0.1, -0.05) is 30.3 Å². The quantitative estimate of drug-likeness (QED) is 0.634. The van der Waals surface area contributed by atoms with Crippen LogP contribution >= 0.6 is 31.9 Å². The van der Waals surface area contributed by atoms with Crippen LogP contribution in [0.5, 0.6) is 0 Å². The predicted molar refractivity (Wildman–Crippen MR) is 58.4 cm³/mol. The Kier molecular flexibility index (Phi) is 3.64. The zero-order valence-electron chi connectivity index (χ0n) is 6.96. The van der Waals surface area contributed by atoms with Crippen molar-refractivity contribution in [3.05, 3.63) is 35.9 Å². The average molecular weight is 308 g/mol. The van der Waals surface area contributed by atoms with E-state index in [4.69, 9.17) is 4.74 Å². The molecule has 0 fully saturated rings. The molecule has 13 heavy (non-hydrogen) atoms. The van der Waals surface area contributed by atoms with Gasteiger partial charge in [-0.2, -0.15) is 0 Å². The van der Waals surface area contributed by atoms with Crippen LogP contribution in [0.1, 0.15) is 10.4 Å². The minimum absolute atomic E-state index is 0.157. The fourth-order valence-electron chi connectivity index (χ4n) is 0.850. The highest BCUT2D eigenvalue weighted by Crippen LogP contribution is 2.30. The van der Waals surface area contributed by atoms with E-state index in [1.54, 1.807) is 24.3 Å². The summed E-state index contributed by atoms with van der Waals surface area (Å²) in [6, 6.07) is 8.93. The van der Waals surface area contributed by atoms with Crippen LogP contribution < -0.4 is 0 Å². The summed E-state index contributed by atoms with van der Waals surface area (Å²) < 4.78 is 3.83. The lowest BCUT2D eigenvalue weighted by molar-refractivity contribution is 0.0759. The second-order valence-electron chi connectivity index (χ2n) is 2.42. The number of hydrogen-bond acceptors (Lipinski definition) is 2. The van der Waals surface area contributed by atoms with Crippen LogP contribution in [0, 0.1) is 0 Å². The molecule has 2 nitrogen and oxygen atoms in total. The molecule has 4 heteroatoms. The van der Waals surface area contributed by atoms with Crippen LogP contribution in [0.4, 0.5) is 0 Å². The molecule has 1 aromatic carbocycles. The van der Waals surface area contributed by atoms with Crippen molar-refractivity contribution in [1.29, 1.82) is 0 Å². The van der Waals surface area contributed by atoms with Crippen LogP contribution in [0.3, 0.4) is 0 Å². The van der Waals surface area contributed by atoms with Crippen molar-refractivity contribution in [3.63, 3.8) is 0 Å². The highest BCUT2D eigenvalue weighted by molar-refractivity contribution is 9.25. The minimum Gasteiger partial charge on any atom is -0.351 e. The van der Waals surface area contributed by atoms with E-state index in [1.807, 2.05) is 6.07 Å². The third kappa shape index (κ3) is 2.62. The maximum Gasteiger partial charge on any atom is 0.241 e. The zero-order chi connectivity index (χ0) is 9.90. The molecular formula is C9H8Br2O2. The first-order valence-electron chi connectivity index (χ1n) is 3.61. The third-order valence-electron chi connectivity index (χ3n) is 1.56. The largest absolute Gasteiger partial charge is 0.351 e. The maximum absolute atomic E-state index is 11.7. The number of hydrogen-bond donors (Lipinski definition) is 0. The van der Waals surface area contributed by atoms with Crippen molar-refractivity contribution < 1.29 is 9.53 Å². The molecule has 0 aliphatic rings. The fraction of sp³-hybridized carbons (Fsp3) is 0.222. The Morgan fingerprint density at radius 1 is 1.31 bits per heavy atom. The van der Waals surface area contributed by atoms with Gasteiger partial charge < -0.3 is 4.74 Å². The average Bonchev–Trinajstić information content (AvgIpc) is 2.18. The first-order valence-corrected chi connectivity index (χ1v) is 5.19. The van der Waals surface area contributed by atoms with Gasteiger partial charge in [-0.25, -0.2) is 0 Å². The Hall–Kier alpha value is -0.190. The van der Waals surface area contributed by atoms with Gasteiger partial charge in [0.1, 0.15) is 0 Å². The van der Waals surface area contributed by atoms with Gasteiger partial charge in [0.25, 0.3) is 0 Å². The number of carbonyl (C=O) groups is 1. The summed E-state index contributed by atoms with van der Waals surface area (Å²) in [5, 5.41) is 0. The van der Waals surface area contributed by atoms with Crippen LogP contribution in [0.15, 0.2) is 30.3 Å². The number of methoxy groups -OCH3 is 1. The van der Waals surface area contributed by atoms with E-state index in [9.17, 15) is 4.79 Å². The Bertz CT molecular complexity index is 296. The lowest BCUT2D eigenvalue weighted by Gasteiger charge is -2.16. The number of Topliss-reactive ketones (excluding diaryl/α,β-unsaturated/α-hetero) is 1. The summed E-state index contributed by atoms with van der Waals surface area (Å²) in [4.78, 5) is 11.7. The van der Waals surface area contributed by atoms with Gasteiger partial charge in [-0.3, -0.25) is 4.79 Å². The number of rotatable bonds is 3. The highest BCUT2D eigenvalue weighted by Gasteiger charge is 2.32. The summed E-state index contributed by atoms with van der Waals surface area (Å²) in [5.74, 6) is -0.157. The number of carbonyl (C=O) groups excluding carboxylic acids is 1. The summed E-state index contributed by atoms with van der Waals surface area (Å²) in [5.41, 5.74) is 0.595. The summed E-state index contributed by atoms with van der Waals surface area (Å²) >= 11 is 6.26. The van der Waals surface area contributed by atoms with Gasteiger partial charge in [-0.15, -0.1) is 0 Å². The van der Waals surface area contributed by atoms with Crippen molar-refractivity contribution >= 4 is 37.6 Å². The minimum atomic E-state index is -1.11. The first-order chi connectivity index (χ1) is 6.08. The van der Waals surface area contributed by atoms with Gasteiger partial charge >= 0.3 is 0 Å². The SMILES string of the molecule is COC(Br)(Br)C(=O)c1ccccc1. The number of alkyl halides is 2. The standard InChI is InChI=1S/C9H8Br2O2/c1-13-9(10,11)8(12)7-5-3-2-4-6-7/h2-6H,1H3. The van der Waals surface area contributed by atoms with E-state index in [0.29, 0.717) is 5.56 Å². The summed E-state index contributed by atoms with van der Waals surface area (Å²) in [6.45, 7) is 0. The molecule has 0 atom stereocenters. The van der Waals surface area contributed by atoms with E-state index in [2.05, 4.69) is 31.9 Å². The molecule has 0 heterocycles. The molecule has 0 spiro atoms. The smallest absolute Gasteiger partial charge is 0.241 e. The Morgan fingerprint density at radius 3 is 2.31 bits per heavy atom. The molecule has 0 bridgehead atoms. The summed E-state index contributed by atoms with van der Waals surface area (Å²) in [6.07, 6.45) is 0. The molecule has 1 aromatic rings. The second-order valence-corrected chi connectivity index (χ2v) is 5.71. The molecule has 0 N–H and O–H groups in total. The Balaban J connectivity index is 2.93. The van der Waals surface area contributed by atoms with Gasteiger partial charge in [0.15, 0.2) is 0 Å². The van der Waals surface area contributed by atoms with Gasteiger partial charge in [-0.05, 0) is 31.9 Å². The number of halogens is 2. The van der Waals surface area contributed by atoms with E-state index in [1.165, 1.54) is 7.11 Å². The molecule has 0 radical (unpaired) electrons. The highest BCUT2D eigenvalue weighted by atomic mass is 79.9. The molecule has 0 aromatic heterocycles. The predicted octanol–water partition coefficient (Wildman–Crippen LogP) is 2.96. The molecule has 70 valence electrons. The molecule has 0 unspecified atom stereocenters. The monoisotopic (exact) mass is 306 g/mol. The van der Waals surface area contributed by atoms with Crippen molar-refractivity contribution in [2.45, 2.75) is 3.42 Å². The molecule has 0 aliphatic carbocycles. The molecule has 1 rings (SSSR count). The molecule has 0 amide bonds. The van der Waals surface area contributed by atoms with Crippen molar-refractivity contribution in [2.24, 2.45) is 0 Å². The topological polar surface area (TPSA) is 26.3 Å². The van der Waals surface area contributed by atoms with E-state index in [-0.39, 0.29) is 5.78 Å². The molecule has 0 saturated heterocycles. The number of ketones is 1. The molecule has 0 aliphatic heterocycles. The van der Waals surface area contributed by atoms with Gasteiger partial charge in [0.2, 0.25) is 9.20 Å². The first kappa shape index (κ1) is 10.9. The lowest BCUT2D eigenvalue weighted by atomic mass is 10.1. The Labute approximate surface area is 93.5 Å². The third-order valence-corrected chi connectivity index (χ3v) is 2.92. The van der Waals surface area contributed by atoms with E-state index in [0.717, 1.165) is 0 Å². The Morgan fingerprint density at radius 2 is 1.85 bits per heavy atom. The van der Waals surface area contributed by atoms with Crippen LogP contribution in [-0.2, 0) is 4.74 Å². The van der Waals surface area contributed by atoms with Crippen LogP contribution in [0.25, 0.3) is 0 Å². The van der Waals surface area contributed by atoms with Crippen LogP contribution in [0.2, 0.25) is 0 Å². The second kappa shape index (κ2) is 4.35. The number of benzene rings is 1. The van der Waals surface area contributed by atoms with E-state index >= 15 is 0 Å². The van der Waals surface area contributed by atoms with E-state index < -0.39 is 3.42 Å². The molecule has 0 saturated carbocycles. The number of ether oxygens (including phenoxy) is 1. The molecular weight excluding hydrogens is 300 g/mol. The lowest BCUT2D eigenvalue weighted by Crippen LogP contribution is -2.26. The normalized spacial score (nSPS) is 11.3. The van der Waals surface area contributed by atoms with Crippen LogP contribution in [-0.4, -0.2) is 16.3 Å². The zero-order valence-corrected chi connectivity index (χ0v) is 10.1. The summed E-state index contributed by atoms with van der Waals surface area (Å²) in [7, 11) is 1.45. The fourth-order valence-corrected chi connectivity index (χ4v) is 1.31. The van der Waals surface area contributed by atoms with Crippen molar-refractivity contribution in [1.82, 2.24) is 0 Å². The van der Waals surface area contributed by atoms with Crippen molar-refractivity contribution in [2.75, 3.05) is 7.11 Å². The maximum atomic E-state index is 11.7. The van der Waals surface area contributed by atoms with Crippen molar-refractivity contribution in [3.8, 4) is 0 Å².